The van der Waals surface area contributed by atoms with Crippen molar-refractivity contribution in [2.45, 2.75) is 51.5 Å². The van der Waals surface area contributed by atoms with Gasteiger partial charge in [-0.3, -0.25) is 42.5 Å². The zero-order valence-electron chi connectivity index (χ0n) is 48.0. The number of para-hydroxylation sites is 2. The van der Waals surface area contributed by atoms with Crippen LogP contribution in [0.15, 0.2) is 116 Å². The summed E-state index contributed by atoms with van der Waals surface area (Å²) in [5, 5.41) is 20.1. The average molecular weight is 1130 g/mol. The largest absolute Gasteiger partial charge is 0.387 e. The molecule has 21 nitrogen and oxygen atoms in total. The number of carbonyl (C=O) groups is 3. The molecule has 12 aromatic rings. The highest BCUT2D eigenvalue weighted by Gasteiger charge is 2.34. The predicted octanol–water partition coefficient (Wildman–Crippen LogP) is 7.64. The van der Waals surface area contributed by atoms with Crippen LogP contribution in [-0.2, 0) is 13.1 Å². The van der Waals surface area contributed by atoms with Gasteiger partial charge in [0, 0.05) is 131 Å². The molecule has 85 heavy (non-hydrogen) atoms. The van der Waals surface area contributed by atoms with E-state index in [2.05, 4.69) is 97.6 Å². The lowest BCUT2D eigenvalue weighted by molar-refractivity contribution is 0.0675. The van der Waals surface area contributed by atoms with E-state index in [9.17, 15) is 4.79 Å². The average Bonchev–Trinajstić information content (AvgIpc) is 2.03. The number of hydrogen-bond donors (Lipinski definition) is 5. The maximum Gasteiger partial charge on any atom is 0.259 e. The van der Waals surface area contributed by atoms with Gasteiger partial charge in [-0.1, -0.05) is 24.3 Å². The van der Waals surface area contributed by atoms with Crippen LogP contribution in [0.25, 0.3) is 82.8 Å². The standard InChI is InChI=1S/C64H64N18O3/c1-36-32-79(33-37(2)71-36)64(85)55-58(43-31-68-19-16-48(43)80-50-10-7-6-9-44(50)73-61(55)80)70-28-39-11-13-45-51(25-39)81-49-17-20-67-30-42(49)57(53(59(81)74-45)62(83)72-40-34-77(5)35-40)69-27-38-12-14-46-52(26-38)82-47-15-18-66-29-41(47)56(65-3)54(60(82)75-46)63(84)78-22-8-21-76(4)23-24-78/h6-7,9-20,25-26,29-31,36-37,40,65,69-71H,8,21-24,27-28,32-35H2,1-5H3,(H,72,83)/t36-,37+. The summed E-state index contributed by atoms with van der Waals surface area (Å²) in [6, 6.07) is 26.4. The first-order chi connectivity index (χ1) is 41.5. The molecule has 2 atom stereocenters. The van der Waals surface area contributed by atoms with Crippen molar-refractivity contribution in [3.8, 4) is 0 Å². The number of rotatable bonds is 11. The number of amides is 3. The summed E-state index contributed by atoms with van der Waals surface area (Å²) in [7, 11) is 5.98. The van der Waals surface area contributed by atoms with Gasteiger partial charge in [0.05, 0.1) is 72.8 Å². The molecule has 3 fully saturated rings. The van der Waals surface area contributed by atoms with Gasteiger partial charge in [-0.25, -0.2) is 15.0 Å². The van der Waals surface area contributed by atoms with E-state index in [-0.39, 0.29) is 35.8 Å². The first kappa shape index (κ1) is 52.2. The van der Waals surface area contributed by atoms with Gasteiger partial charge in [0.2, 0.25) is 0 Å². The maximum atomic E-state index is 15.2. The van der Waals surface area contributed by atoms with Crippen LogP contribution < -0.4 is 26.6 Å². The van der Waals surface area contributed by atoms with Crippen molar-refractivity contribution in [3.05, 3.63) is 144 Å². The quantitative estimate of drug-likeness (QED) is 0.0842. The summed E-state index contributed by atoms with van der Waals surface area (Å²) in [5.41, 5.74) is 14.2. The van der Waals surface area contributed by atoms with E-state index < -0.39 is 0 Å². The van der Waals surface area contributed by atoms with Crippen molar-refractivity contribution in [1.82, 2.24) is 73.3 Å². The molecule has 0 saturated carbocycles. The number of fused-ring (bicyclic) bond motifs is 15. The molecule has 3 aliphatic heterocycles. The molecule has 3 saturated heterocycles. The van der Waals surface area contributed by atoms with Gasteiger partial charge in [0.15, 0.2) is 16.9 Å². The third-order valence-electron chi connectivity index (χ3n) is 17.4. The molecule has 12 heterocycles. The molecule has 0 aliphatic carbocycles. The number of likely N-dealkylation sites (tertiary alicyclic amines) is 1. The number of aromatic nitrogens is 9. The Labute approximate surface area is 488 Å². The number of imidazole rings is 3. The lowest BCUT2D eigenvalue weighted by Gasteiger charge is -2.36. The molecule has 0 unspecified atom stereocenters. The molecule has 21 heteroatoms. The molecule has 3 aromatic carbocycles. The fraction of sp³-hybridized carbons (Fsp3) is 0.297. The first-order valence-electron chi connectivity index (χ1n) is 29.2. The van der Waals surface area contributed by atoms with E-state index in [0.717, 1.165) is 104 Å². The van der Waals surface area contributed by atoms with Crippen LogP contribution in [0.4, 0.5) is 17.1 Å². The summed E-state index contributed by atoms with van der Waals surface area (Å²) in [5.74, 6) is -0.407. The normalized spacial score (nSPS) is 17.5. The Kier molecular flexibility index (Phi) is 12.7. The molecule has 428 valence electrons. The van der Waals surface area contributed by atoms with Crippen molar-refractivity contribution < 1.29 is 14.4 Å². The summed E-state index contributed by atoms with van der Waals surface area (Å²) in [6.07, 6.45) is 11.6. The van der Waals surface area contributed by atoms with Gasteiger partial charge < -0.3 is 46.2 Å². The van der Waals surface area contributed by atoms with Gasteiger partial charge in [0.1, 0.15) is 16.7 Å². The molecular weight excluding hydrogens is 1070 g/mol. The van der Waals surface area contributed by atoms with Crippen LogP contribution in [0.1, 0.15) is 62.5 Å². The minimum absolute atomic E-state index is 0.0402. The smallest absolute Gasteiger partial charge is 0.259 e. The monoisotopic (exact) mass is 1130 g/mol. The molecule has 5 N–H and O–H groups in total. The fourth-order valence-corrected chi connectivity index (χ4v) is 13.5. The Bertz CT molecular complexity index is 4730. The van der Waals surface area contributed by atoms with E-state index in [1.54, 1.807) is 18.6 Å². The second-order valence-corrected chi connectivity index (χ2v) is 23.4. The van der Waals surface area contributed by atoms with E-state index >= 15 is 9.59 Å². The molecule has 9 aromatic heterocycles. The third kappa shape index (κ3) is 8.73. The Morgan fingerprint density at radius 2 is 1.04 bits per heavy atom. The number of likely N-dealkylation sites (N-methyl/N-ethyl adjacent to an activating group) is 2. The minimum Gasteiger partial charge on any atom is -0.387 e. The van der Waals surface area contributed by atoms with Gasteiger partial charge in [0.25, 0.3) is 17.7 Å². The second kappa shape index (κ2) is 20.6. The molecule has 0 radical (unpaired) electrons. The minimum atomic E-state index is -0.243. The lowest BCUT2D eigenvalue weighted by atomic mass is 10.1. The van der Waals surface area contributed by atoms with Crippen molar-refractivity contribution in [2.24, 2.45) is 0 Å². The number of carbonyl (C=O) groups excluding carboxylic acids is 3. The topological polar surface area (TPSA) is 215 Å². The number of hydrogen-bond acceptors (Lipinski definition) is 15. The number of pyridine rings is 6. The van der Waals surface area contributed by atoms with Crippen molar-refractivity contribution >= 4 is 118 Å². The number of nitrogens with zero attached hydrogens (tertiary/aromatic N) is 13. The van der Waals surface area contributed by atoms with E-state index in [4.69, 9.17) is 15.0 Å². The Morgan fingerprint density at radius 1 is 0.529 bits per heavy atom. The van der Waals surface area contributed by atoms with Crippen molar-refractivity contribution in [1.29, 1.82) is 0 Å². The zero-order chi connectivity index (χ0) is 57.8. The Balaban J connectivity index is 0.827. The summed E-state index contributed by atoms with van der Waals surface area (Å²) in [4.78, 5) is 82.7. The van der Waals surface area contributed by atoms with E-state index in [1.807, 2.05) is 109 Å². The Morgan fingerprint density at radius 3 is 1.61 bits per heavy atom. The summed E-state index contributed by atoms with van der Waals surface area (Å²) < 4.78 is 6.23. The lowest BCUT2D eigenvalue weighted by Crippen LogP contribution is -2.57. The SMILES string of the molecule is CNc1c(C(=O)N2CCCN(C)CC2)c2nc3ccc(CNc4c(C(=O)NC5CN(C)C5)c5nc6ccc(CNc7c(C(=O)N8C[C@@H](C)N[C@@H](C)C8)c8nc9ccccc9n8c8ccncc78)cc6n5c5ccncc45)cc3n2c2ccncc12. The fourth-order valence-electron chi connectivity index (χ4n) is 13.5. The van der Waals surface area contributed by atoms with E-state index in [0.29, 0.717) is 95.5 Å². The van der Waals surface area contributed by atoms with Crippen LogP contribution in [0.3, 0.4) is 0 Å². The molecule has 0 bridgehead atoms. The van der Waals surface area contributed by atoms with Crippen LogP contribution in [0, 0.1) is 0 Å². The highest BCUT2D eigenvalue weighted by molar-refractivity contribution is 6.17. The molecule has 3 amide bonds. The number of benzene rings is 3. The van der Waals surface area contributed by atoms with E-state index in [1.165, 1.54) is 0 Å². The number of anilines is 3. The van der Waals surface area contributed by atoms with Crippen molar-refractivity contribution in [3.63, 3.8) is 0 Å². The van der Waals surface area contributed by atoms with Gasteiger partial charge >= 0.3 is 0 Å². The molecule has 3 aliphatic rings. The van der Waals surface area contributed by atoms with Crippen molar-refractivity contribution in [2.75, 3.05) is 89.5 Å². The molecular formula is C64H64N18O3. The Hall–Kier alpha value is -9.57. The molecule has 0 spiro atoms. The van der Waals surface area contributed by atoms with Gasteiger partial charge in [-0.05, 0) is 107 Å². The third-order valence-corrected chi connectivity index (χ3v) is 17.4. The number of nitrogens with one attached hydrogen (secondary N) is 5. The highest BCUT2D eigenvalue weighted by atomic mass is 16.2. The number of piperazine rings is 1. The van der Waals surface area contributed by atoms with Crippen LogP contribution in [-0.4, -0.2) is 172 Å². The summed E-state index contributed by atoms with van der Waals surface area (Å²) >= 11 is 0. The second-order valence-electron chi connectivity index (χ2n) is 23.4. The van der Waals surface area contributed by atoms with Gasteiger partial charge in [-0.2, -0.15) is 0 Å². The summed E-state index contributed by atoms with van der Waals surface area (Å²) in [6.45, 7) is 10.4. The highest BCUT2D eigenvalue weighted by Crippen LogP contribution is 2.39. The first-order valence-corrected chi connectivity index (χ1v) is 29.2. The maximum absolute atomic E-state index is 15.2. The van der Waals surface area contributed by atoms with Gasteiger partial charge in [-0.15, -0.1) is 0 Å². The zero-order valence-corrected chi connectivity index (χ0v) is 48.0. The van der Waals surface area contributed by atoms with Crippen LogP contribution in [0.2, 0.25) is 0 Å². The van der Waals surface area contributed by atoms with Crippen LogP contribution >= 0.6 is 0 Å². The predicted molar refractivity (Wildman–Crippen MR) is 333 cm³/mol. The van der Waals surface area contributed by atoms with Crippen LogP contribution in [0.5, 0.6) is 0 Å². The molecule has 15 rings (SSSR count).